The van der Waals surface area contributed by atoms with Crippen molar-refractivity contribution in [2.75, 3.05) is 20.0 Å². The van der Waals surface area contributed by atoms with E-state index in [2.05, 4.69) is 27.3 Å². The Morgan fingerprint density at radius 2 is 2.27 bits per heavy atom. The lowest BCUT2D eigenvalue weighted by Gasteiger charge is -2.18. The molecule has 1 aromatic carbocycles. The molecule has 0 saturated carbocycles. The van der Waals surface area contributed by atoms with Gasteiger partial charge in [-0.2, -0.15) is 0 Å². The number of halogens is 2. The second-order valence-electron chi connectivity index (χ2n) is 3.21. The van der Waals surface area contributed by atoms with Crippen LogP contribution in [0.1, 0.15) is 18.0 Å². The number of methoxy groups -OCH3 is 1. The summed E-state index contributed by atoms with van der Waals surface area (Å²) in [5, 5.41) is 3.24. The Morgan fingerprint density at radius 3 is 2.80 bits per heavy atom. The molecule has 15 heavy (non-hydrogen) atoms. The molecule has 84 valence electrons. The third-order valence-corrected chi connectivity index (χ3v) is 3.02. The summed E-state index contributed by atoms with van der Waals surface area (Å²) in [5.41, 5.74) is 1.13. The van der Waals surface area contributed by atoms with Crippen molar-refractivity contribution in [1.82, 2.24) is 5.32 Å². The van der Waals surface area contributed by atoms with Crippen LogP contribution in [0.15, 0.2) is 22.7 Å². The molecule has 0 heterocycles. The van der Waals surface area contributed by atoms with E-state index in [0.29, 0.717) is 5.88 Å². The average Bonchev–Trinajstić information content (AvgIpc) is 2.26. The number of benzene rings is 1. The zero-order valence-corrected chi connectivity index (χ0v) is 11.2. The summed E-state index contributed by atoms with van der Waals surface area (Å²) in [6.45, 7) is 0. The van der Waals surface area contributed by atoms with Crippen molar-refractivity contribution in [3.63, 3.8) is 0 Å². The number of rotatable bonds is 5. The van der Waals surface area contributed by atoms with Crippen molar-refractivity contribution in [1.29, 1.82) is 0 Å². The quantitative estimate of drug-likeness (QED) is 0.840. The highest BCUT2D eigenvalue weighted by Crippen LogP contribution is 2.30. The highest BCUT2D eigenvalue weighted by atomic mass is 79.9. The molecule has 4 heteroatoms. The summed E-state index contributed by atoms with van der Waals surface area (Å²) in [6, 6.07) is 6.22. The summed E-state index contributed by atoms with van der Waals surface area (Å²) in [7, 11) is 3.61. The van der Waals surface area contributed by atoms with E-state index in [0.717, 1.165) is 22.2 Å². The van der Waals surface area contributed by atoms with Gasteiger partial charge in [0.25, 0.3) is 0 Å². The molecule has 0 saturated heterocycles. The lowest BCUT2D eigenvalue weighted by molar-refractivity contribution is 0.400. The molecule has 1 atom stereocenters. The fourth-order valence-corrected chi connectivity index (χ4v) is 2.14. The van der Waals surface area contributed by atoms with Crippen LogP contribution in [0, 0.1) is 0 Å². The summed E-state index contributed by atoms with van der Waals surface area (Å²) in [5.74, 6) is 1.52. The first-order chi connectivity index (χ1) is 7.22. The standard InChI is InChI=1S/C11H15BrClNO/c1-14-10(5-6-13)9-7-8(12)3-4-11(9)15-2/h3-4,7,10,14H,5-6H2,1-2H3. The maximum Gasteiger partial charge on any atom is 0.123 e. The molecule has 1 aromatic rings. The monoisotopic (exact) mass is 291 g/mol. The van der Waals surface area contributed by atoms with Crippen molar-refractivity contribution in [3.05, 3.63) is 28.2 Å². The van der Waals surface area contributed by atoms with E-state index < -0.39 is 0 Å². The lowest BCUT2D eigenvalue weighted by Crippen LogP contribution is -2.17. The van der Waals surface area contributed by atoms with E-state index in [9.17, 15) is 0 Å². The first-order valence-corrected chi connectivity index (χ1v) is 6.12. The molecule has 0 aromatic heterocycles. The fourth-order valence-electron chi connectivity index (χ4n) is 1.54. The minimum atomic E-state index is 0.231. The van der Waals surface area contributed by atoms with Crippen LogP contribution in [0.4, 0.5) is 0 Å². The number of ether oxygens (including phenoxy) is 1. The van der Waals surface area contributed by atoms with Gasteiger partial charge in [-0.25, -0.2) is 0 Å². The summed E-state index contributed by atoms with van der Waals surface area (Å²) < 4.78 is 6.37. The minimum absolute atomic E-state index is 0.231. The molecule has 1 N–H and O–H groups in total. The number of hydrogen-bond acceptors (Lipinski definition) is 2. The molecule has 0 bridgehead atoms. The van der Waals surface area contributed by atoms with Gasteiger partial charge in [-0.05, 0) is 31.7 Å². The zero-order valence-electron chi connectivity index (χ0n) is 8.89. The van der Waals surface area contributed by atoms with E-state index in [1.165, 1.54) is 0 Å². The van der Waals surface area contributed by atoms with Crippen LogP contribution in [0.3, 0.4) is 0 Å². The summed E-state index contributed by atoms with van der Waals surface area (Å²) in [6.07, 6.45) is 0.880. The molecular weight excluding hydrogens is 277 g/mol. The predicted molar refractivity (Wildman–Crippen MR) is 67.8 cm³/mol. The normalized spacial score (nSPS) is 12.5. The number of nitrogens with one attached hydrogen (secondary N) is 1. The van der Waals surface area contributed by atoms with Crippen molar-refractivity contribution in [2.45, 2.75) is 12.5 Å². The maximum atomic E-state index is 5.77. The lowest BCUT2D eigenvalue weighted by atomic mass is 10.0. The van der Waals surface area contributed by atoms with Crippen molar-refractivity contribution < 1.29 is 4.74 Å². The van der Waals surface area contributed by atoms with Gasteiger partial charge in [-0.1, -0.05) is 15.9 Å². The average molecular weight is 293 g/mol. The van der Waals surface area contributed by atoms with Gasteiger partial charge in [0.15, 0.2) is 0 Å². The Balaban J connectivity index is 3.02. The van der Waals surface area contributed by atoms with E-state index in [1.807, 2.05) is 19.2 Å². The molecular formula is C11H15BrClNO. The smallest absolute Gasteiger partial charge is 0.123 e. The molecule has 1 unspecified atom stereocenters. The van der Waals surface area contributed by atoms with Crippen LogP contribution >= 0.6 is 27.5 Å². The Kier molecular flexibility index (Phi) is 5.43. The second-order valence-corrected chi connectivity index (χ2v) is 4.50. The highest BCUT2D eigenvalue weighted by Gasteiger charge is 2.13. The van der Waals surface area contributed by atoms with Gasteiger partial charge >= 0.3 is 0 Å². The molecule has 0 radical (unpaired) electrons. The molecule has 0 aliphatic rings. The van der Waals surface area contributed by atoms with Crippen molar-refractivity contribution in [3.8, 4) is 5.75 Å². The first kappa shape index (κ1) is 12.8. The van der Waals surface area contributed by atoms with Crippen LogP contribution in [0.5, 0.6) is 5.75 Å². The topological polar surface area (TPSA) is 21.3 Å². The van der Waals surface area contributed by atoms with Crippen molar-refractivity contribution in [2.24, 2.45) is 0 Å². The predicted octanol–water partition coefficient (Wildman–Crippen LogP) is 3.35. The van der Waals surface area contributed by atoms with Gasteiger partial charge in [-0.15, -0.1) is 11.6 Å². The zero-order chi connectivity index (χ0) is 11.3. The van der Waals surface area contributed by atoms with Crippen LogP contribution < -0.4 is 10.1 Å². The van der Waals surface area contributed by atoms with Crippen LogP contribution in [0.25, 0.3) is 0 Å². The fraction of sp³-hybridized carbons (Fsp3) is 0.455. The molecule has 0 aliphatic carbocycles. The first-order valence-electron chi connectivity index (χ1n) is 4.79. The molecule has 0 spiro atoms. The van der Waals surface area contributed by atoms with Gasteiger partial charge < -0.3 is 10.1 Å². The number of hydrogen-bond donors (Lipinski definition) is 1. The van der Waals surface area contributed by atoms with E-state index in [1.54, 1.807) is 7.11 Å². The van der Waals surface area contributed by atoms with Crippen LogP contribution in [-0.4, -0.2) is 20.0 Å². The molecule has 0 aliphatic heterocycles. The Bertz CT molecular complexity index is 319. The Hall–Kier alpha value is -0.250. The third kappa shape index (κ3) is 3.37. The maximum absolute atomic E-state index is 5.77. The molecule has 0 amide bonds. The largest absolute Gasteiger partial charge is 0.496 e. The van der Waals surface area contributed by atoms with E-state index in [4.69, 9.17) is 16.3 Å². The Morgan fingerprint density at radius 1 is 1.53 bits per heavy atom. The van der Waals surface area contributed by atoms with Gasteiger partial charge in [0.1, 0.15) is 5.75 Å². The van der Waals surface area contributed by atoms with Gasteiger partial charge in [0, 0.05) is 22.0 Å². The highest BCUT2D eigenvalue weighted by molar-refractivity contribution is 9.10. The van der Waals surface area contributed by atoms with Gasteiger partial charge in [0.05, 0.1) is 7.11 Å². The van der Waals surface area contributed by atoms with E-state index in [-0.39, 0.29) is 6.04 Å². The molecule has 0 fully saturated rings. The third-order valence-electron chi connectivity index (χ3n) is 2.31. The minimum Gasteiger partial charge on any atom is -0.496 e. The van der Waals surface area contributed by atoms with Crippen molar-refractivity contribution >= 4 is 27.5 Å². The van der Waals surface area contributed by atoms with Gasteiger partial charge in [0.2, 0.25) is 0 Å². The van der Waals surface area contributed by atoms with Gasteiger partial charge in [-0.3, -0.25) is 0 Å². The van der Waals surface area contributed by atoms with E-state index >= 15 is 0 Å². The number of alkyl halides is 1. The molecule has 2 nitrogen and oxygen atoms in total. The second kappa shape index (κ2) is 6.36. The summed E-state index contributed by atoms with van der Waals surface area (Å²) >= 11 is 9.23. The molecule has 1 rings (SSSR count). The Labute approximate surface area is 104 Å². The van der Waals surface area contributed by atoms with Crippen LogP contribution in [-0.2, 0) is 0 Å². The SMILES string of the molecule is CNC(CCCl)c1cc(Br)ccc1OC. The summed E-state index contributed by atoms with van der Waals surface area (Å²) in [4.78, 5) is 0. The van der Waals surface area contributed by atoms with Crippen LogP contribution in [0.2, 0.25) is 0 Å².